The molecule has 0 saturated heterocycles. The van der Waals surface area contributed by atoms with Gasteiger partial charge in [0.1, 0.15) is 0 Å². The van der Waals surface area contributed by atoms with Crippen LogP contribution < -0.4 is 4.90 Å². The third-order valence-corrected chi connectivity index (χ3v) is 4.90. The summed E-state index contributed by atoms with van der Waals surface area (Å²) in [4.78, 5) is 16.3. The fourth-order valence-corrected chi connectivity index (χ4v) is 3.86. The summed E-state index contributed by atoms with van der Waals surface area (Å²) in [5.74, 6) is 0.745. The van der Waals surface area contributed by atoms with Crippen molar-refractivity contribution in [2.75, 3.05) is 31.1 Å². The van der Waals surface area contributed by atoms with Crippen LogP contribution in [0.2, 0.25) is 0 Å². The van der Waals surface area contributed by atoms with Crippen LogP contribution in [0.5, 0.6) is 0 Å². The van der Waals surface area contributed by atoms with Crippen molar-refractivity contribution in [1.82, 2.24) is 4.90 Å². The highest BCUT2D eigenvalue weighted by molar-refractivity contribution is 5.91. The second-order valence-corrected chi connectivity index (χ2v) is 6.68. The molecule has 0 aliphatic heterocycles. The Morgan fingerprint density at radius 3 is 2.43 bits per heavy atom. The smallest absolute Gasteiger partial charge is 0.223 e. The Morgan fingerprint density at radius 1 is 1.17 bits per heavy atom. The lowest BCUT2D eigenvalue weighted by molar-refractivity contribution is -0.116. The summed E-state index contributed by atoms with van der Waals surface area (Å²) in [6.07, 6.45) is 4.86. The van der Waals surface area contributed by atoms with E-state index in [1.807, 2.05) is 11.8 Å². The van der Waals surface area contributed by atoms with Gasteiger partial charge in [0, 0.05) is 25.7 Å². The van der Waals surface area contributed by atoms with Gasteiger partial charge in [-0.1, -0.05) is 19.9 Å². The standard InChI is InChI=1S/C20H32N2O/c1-5-12-21(13-6-2)15-18-9-8-17-10-11-19(14-20(17)18)22(7-3)16(4)23/h10-11,14,18H,5-9,12-13,15H2,1-4H3. The molecule has 1 aliphatic rings. The van der Waals surface area contributed by atoms with Crippen molar-refractivity contribution in [1.29, 1.82) is 0 Å². The molecule has 23 heavy (non-hydrogen) atoms. The number of rotatable bonds is 8. The van der Waals surface area contributed by atoms with E-state index in [4.69, 9.17) is 0 Å². The molecule has 3 nitrogen and oxygen atoms in total. The first kappa shape index (κ1) is 18.0. The maximum atomic E-state index is 11.8. The first-order chi connectivity index (χ1) is 11.1. The van der Waals surface area contributed by atoms with Gasteiger partial charge in [0.05, 0.1) is 0 Å². The number of aryl methyl sites for hydroxylation is 1. The van der Waals surface area contributed by atoms with Crippen LogP contribution in [0.15, 0.2) is 18.2 Å². The maximum absolute atomic E-state index is 11.8. The number of nitrogens with zero attached hydrogens (tertiary/aromatic N) is 2. The minimum absolute atomic E-state index is 0.126. The fourth-order valence-electron chi connectivity index (χ4n) is 3.86. The van der Waals surface area contributed by atoms with Gasteiger partial charge in [-0.3, -0.25) is 4.79 Å². The highest BCUT2D eigenvalue weighted by atomic mass is 16.2. The second kappa shape index (κ2) is 8.49. The number of anilines is 1. The summed E-state index contributed by atoms with van der Waals surface area (Å²) in [7, 11) is 0. The van der Waals surface area contributed by atoms with E-state index in [0.29, 0.717) is 5.92 Å². The Morgan fingerprint density at radius 2 is 1.87 bits per heavy atom. The van der Waals surface area contributed by atoms with Gasteiger partial charge in [0.15, 0.2) is 0 Å². The van der Waals surface area contributed by atoms with Crippen LogP contribution in [0.4, 0.5) is 5.69 Å². The van der Waals surface area contributed by atoms with Crippen molar-refractivity contribution in [2.45, 2.75) is 59.3 Å². The van der Waals surface area contributed by atoms with Crippen molar-refractivity contribution < 1.29 is 4.79 Å². The third-order valence-electron chi connectivity index (χ3n) is 4.90. The number of benzene rings is 1. The minimum Gasteiger partial charge on any atom is -0.313 e. The average molecular weight is 316 g/mol. The highest BCUT2D eigenvalue weighted by Gasteiger charge is 2.25. The van der Waals surface area contributed by atoms with Gasteiger partial charge in [-0.25, -0.2) is 0 Å². The monoisotopic (exact) mass is 316 g/mol. The van der Waals surface area contributed by atoms with E-state index in [1.165, 1.54) is 49.9 Å². The van der Waals surface area contributed by atoms with E-state index in [0.717, 1.165) is 18.8 Å². The van der Waals surface area contributed by atoms with Gasteiger partial charge in [-0.2, -0.15) is 0 Å². The van der Waals surface area contributed by atoms with Crippen LogP contribution in [-0.2, 0) is 11.2 Å². The number of carbonyl (C=O) groups excluding carboxylic acids is 1. The van der Waals surface area contributed by atoms with Crippen molar-refractivity contribution >= 4 is 11.6 Å². The summed E-state index contributed by atoms with van der Waals surface area (Å²) in [5.41, 5.74) is 4.01. The van der Waals surface area contributed by atoms with E-state index in [1.54, 1.807) is 6.92 Å². The van der Waals surface area contributed by atoms with Crippen LogP contribution in [0.25, 0.3) is 0 Å². The van der Waals surface area contributed by atoms with E-state index >= 15 is 0 Å². The molecular formula is C20H32N2O. The average Bonchev–Trinajstić information content (AvgIpc) is 2.91. The number of hydrogen-bond donors (Lipinski definition) is 0. The molecule has 0 fully saturated rings. The van der Waals surface area contributed by atoms with E-state index < -0.39 is 0 Å². The van der Waals surface area contributed by atoms with Crippen molar-refractivity contribution in [3.63, 3.8) is 0 Å². The molecule has 0 aromatic heterocycles. The summed E-state index contributed by atoms with van der Waals surface area (Å²) in [6, 6.07) is 6.62. The van der Waals surface area contributed by atoms with Gasteiger partial charge >= 0.3 is 0 Å². The lowest BCUT2D eigenvalue weighted by Gasteiger charge is -2.26. The lowest BCUT2D eigenvalue weighted by Crippen LogP contribution is -2.30. The topological polar surface area (TPSA) is 23.6 Å². The molecule has 1 amide bonds. The van der Waals surface area contributed by atoms with Crippen molar-refractivity contribution in [3.05, 3.63) is 29.3 Å². The molecule has 1 unspecified atom stereocenters. The number of hydrogen-bond acceptors (Lipinski definition) is 2. The van der Waals surface area contributed by atoms with E-state index in [2.05, 4.69) is 36.9 Å². The van der Waals surface area contributed by atoms with Crippen LogP contribution in [0.1, 0.15) is 64.0 Å². The summed E-state index contributed by atoms with van der Waals surface area (Å²) in [6.45, 7) is 12.5. The van der Waals surface area contributed by atoms with Gasteiger partial charge in [-0.05, 0) is 74.9 Å². The predicted octanol–water partition coefficient (Wildman–Crippen LogP) is 4.21. The molecule has 1 aromatic carbocycles. The molecule has 1 aliphatic carbocycles. The van der Waals surface area contributed by atoms with Crippen LogP contribution in [0, 0.1) is 0 Å². The van der Waals surface area contributed by atoms with Gasteiger partial charge in [0.2, 0.25) is 5.91 Å². The first-order valence-electron chi connectivity index (χ1n) is 9.23. The Hall–Kier alpha value is -1.35. The molecule has 1 atom stereocenters. The normalized spacial score (nSPS) is 16.7. The number of carbonyl (C=O) groups is 1. The second-order valence-electron chi connectivity index (χ2n) is 6.68. The molecule has 0 N–H and O–H groups in total. The lowest BCUT2D eigenvalue weighted by atomic mass is 9.99. The largest absolute Gasteiger partial charge is 0.313 e. The SMILES string of the molecule is CCCN(CCC)CC1CCc2ccc(N(CC)C(C)=O)cc21. The highest BCUT2D eigenvalue weighted by Crippen LogP contribution is 2.36. The summed E-state index contributed by atoms with van der Waals surface area (Å²) >= 11 is 0. The van der Waals surface area contributed by atoms with Crippen LogP contribution in [-0.4, -0.2) is 37.0 Å². The van der Waals surface area contributed by atoms with Gasteiger partial charge < -0.3 is 9.80 Å². The third kappa shape index (κ3) is 4.35. The van der Waals surface area contributed by atoms with E-state index in [-0.39, 0.29) is 5.91 Å². The molecule has 128 valence electrons. The predicted molar refractivity (Wildman–Crippen MR) is 98.2 cm³/mol. The molecular weight excluding hydrogens is 284 g/mol. The zero-order chi connectivity index (χ0) is 16.8. The number of fused-ring (bicyclic) bond motifs is 1. The Labute approximate surface area is 141 Å². The quantitative estimate of drug-likeness (QED) is 0.717. The molecule has 0 heterocycles. The zero-order valence-electron chi connectivity index (χ0n) is 15.3. The number of amides is 1. The maximum Gasteiger partial charge on any atom is 0.223 e. The molecule has 0 saturated carbocycles. The Balaban J connectivity index is 2.18. The first-order valence-corrected chi connectivity index (χ1v) is 9.23. The zero-order valence-corrected chi connectivity index (χ0v) is 15.3. The molecule has 0 radical (unpaired) electrons. The molecule has 1 aromatic rings. The molecule has 3 heteroatoms. The van der Waals surface area contributed by atoms with Gasteiger partial charge in [-0.15, -0.1) is 0 Å². The Bertz CT molecular complexity index is 520. The Kier molecular flexibility index (Phi) is 6.64. The molecule has 0 bridgehead atoms. The molecule has 0 spiro atoms. The van der Waals surface area contributed by atoms with Crippen LogP contribution >= 0.6 is 0 Å². The van der Waals surface area contributed by atoms with Crippen molar-refractivity contribution in [2.24, 2.45) is 0 Å². The molecule has 2 rings (SSSR count). The minimum atomic E-state index is 0.126. The van der Waals surface area contributed by atoms with Crippen LogP contribution in [0.3, 0.4) is 0 Å². The summed E-state index contributed by atoms with van der Waals surface area (Å²) < 4.78 is 0. The van der Waals surface area contributed by atoms with Crippen molar-refractivity contribution in [3.8, 4) is 0 Å². The van der Waals surface area contributed by atoms with E-state index in [9.17, 15) is 4.79 Å². The fraction of sp³-hybridized carbons (Fsp3) is 0.650. The summed E-state index contributed by atoms with van der Waals surface area (Å²) in [5, 5.41) is 0. The van der Waals surface area contributed by atoms with Gasteiger partial charge in [0.25, 0.3) is 0 Å².